The van der Waals surface area contributed by atoms with Crippen molar-refractivity contribution in [1.82, 2.24) is 5.32 Å². The minimum atomic E-state index is -0.0784. The predicted molar refractivity (Wildman–Crippen MR) is 71.3 cm³/mol. The molecule has 1 heterocycles. The van der Waals surface area contributed by atoms with Crippen LogP contribution in [-0.4, -0.2) is 32.3 Å². The molecule has 0 spiro atoms. The Hall–Kier alpha value is -1.75. The number of carbonyl (C=O) groups excluding carboxylic acids is 1. The van der Waals surface area contributed by atoms with Gasteiger partial charge in [-0.2, -0.15) is 0 Å². The smallest absolute Gasteiger partial charge is 0.278 e. The van der Waals surface area contributed by atoms with Gasteiger partial charge in [-0.05, 0) is 32.0 Å². The number of hydrogen-bond acceptors (Lipinski definition) is 3. The van der Waals surface area contributed by atoms with Crippen molar-refractivity contribution in [1.29, 1.82) is 0 Å². The molecule has 1 aromatic rings. The van der Waals surface area contributed by atoms with Crippen molar-refractivity contribution >= 4 is 5.91 Å². The molecule has 2 atom stereocenters. The molecule has 1 amide bonds. The summed E-state index contributed by atoms with van der Waals surface area (Å²) < 4.78 is 10.6. The van der Waals surface area contributed by atoms with Crippen molar-refractivity contribution < 1.29 is 19.2 Å². The lowest BCUT2D eigenvalue weighted by Gasteiger charge is -2.20. The Bertz CT molecular complexity index is 462. The number of likely N-dealkylation sites (N-methyl/N-ethyl adjacent to an activating group) is 2. The summed E-state index contributed by atoms with van der Waals surface area (Å²) in [5.41, 5.74) is 1.14. The number of nitrogens with one attached hydrogen (secondary N) is 2. The Kier molecular flexibility index (Phi) is 4.27. The van der Waals surface area contributed by atoms with Crippen LogP contribution in [0.15, 0.2) is 18.2 Å². The molecule has 0 bridgehead atoms. The van der Waals surface area contributed by atoms with E-state index in [4.69, 9.17) is 9.47 Å². The number of hydrogen-bond donors (Lipinski definition) is 2. The van der Waals surface area contributed by atoms with Crippen molar-refractivity contribution in [3.63, 3.8) is 0 Å². The second-order valence-electron chi connectivity index (χ2n) is 4.83. The molecular formula is C14H21N2O3+. The maximum absolute atomic E-state index is 11.8. The van der Waals surface area contributed by atoms with Crippen LogP contribution in [0.4, 0.5) is 0 Å². The highest BCUT2D eigenvalue weighted by molar-refractivity contribution is 5.79. The fourth-order valence-corrected chi connectivity index (χ4v) is 2.08. The highest BCUT2D eigenvalue weighted by Gasteiger charge is 2.22. The molecule has 0 radical (unpaired) electrons. The van der Waals surface area contributed by atoms with Crippen LogP contribution in [-0.2, 0) is 11.3 Å². The number of fused-ring (bicyclic) bond motifs is 1. The van der Waals surface area contributed by atoms with Crippen LogP contribution in [0.25, 0.3) is 0 Å². The molecular weight excluding hydrogens is 244 g/mol. The first-order valence-electron chi connectivity index (χ1n) is 6.60. The minimum Gasteiger partial charge on any atom is -0.454 e. The van der Waals surface area contributed by atoms with Gasteiger partial charge in [-0.1, -0.05) is 0 Å². The van der Waals surface area contributed by atoms with Gasteiger partial charge in [-0.15, -0.1) is 0 Å². The molecule has 5 nitrogen and oxygen atoms in total. The molecule has 0 aliphatic carbocycles. The van der Waals surface area contributed by atoms with E-state index in [0.717, 1.165) is 28.5 Å². The van der Waals surface area contributed by atoms with Gasteiger partial charge >= 0.3 is 0 Å². The number of ether oxygens (including phenoxy) is 2. The molecule has 1 unspecified atom stereocenters. The Morgan fingerprint density at radius 3 is 2.89 bits per heavy atom. The van der Waals surface area contributed by atoms with E-state index in [0.29, 0.717) is 6.54 Å². The van der Waals surface area contributed by atoms with Crippen molar-refractivity contribution in [2.45, 2.75) is 26.4 Å². The number of quaternary nitrogens is 1. The minimum absolute atomic E-state index is 0.0784. The molecule has 0 saturated carbocycles. The van der Waals surface area contributed by atoms with Gasteiger partial charge in [-0.25, -0.2) is 0 Å². The summed E-state index contributed by atoms with van der Waals surface area (Å²) in [5.74, 6) is 1.66. The summed E-state index contributed by atoms with van der Waals surface area (Å²) in [4.78, 5) is 12.9. The number of benzene rings is 1. The van der Waals surface area contributed by atoms with E-state index in [1.807, 2.05) is 39.1 Å². The summed E-state index contributed by atoms with van der Waals surface area (Å²) in [6.45, 7) is 5.59. The zero-order valence-corrected chi connectivity index (χ0v) is 11.7. The van der Waals surface area contributed by atoms with E-state index >= 15 is 0 Å². The van der Waals surface area contributed by atoms with Gasteiger partial charge in [0.25, 0.3) is 5.91 Å². The lowest BCUT2D eigenvalue weighted by atomic mass is 10.1. The van der Waals surface area contributed by atoms with Crippen LogP contribution in [0.5, 0.6) is 11.5 Å². The summed E-state index contributed by atoms with van der Waals surface area (Å²) in [6, 6.07) is 5.84. The second-order valence-corrected chi connectivity index (χ2v) is 4.83. The third kappa shape index (κ3) is 3.17. The first-order chi connectivity index (χ1) is 9.11. The summed E-state index contributed by atoms with van der Waals surface area (Å²) >= 11 is 0. The maximum atomic E-state index is 11.8. The highest BCUT2D eigenvalue weighted by Crippen LogP contribution is 2.32. The number of carbonyl (C=O) groups is 1. The highest BCUT2D eigenvalue weighted by atomic mass is 16.7. The first kappa shape index (κ1) is 13.7. The van der Waals surface area contributed by atoms with E-state index in [1.165, 1.54) is 0 Å². The van der Waals surface area contributed by atoms with Crippen LogP contribution >= 0.6 is 0 Å². The van der Waals surface area contributed by atoms with Gasteiger partial charge < -0.3 is 19.7 Å². The largest absolute Gasteiger partial charge is 0.454 e. The quantitative estimate of drug-likeness (QED) is 0.785. The van der Waals surface area contributed by atoms with Gasteiger partial charge in [0, 0.05) is 12.1 Å². The van der Waals surface area contributed by atoms with E-state index in [-0.39, 0.29) is 18.7 Å². The average molecular weight is 265 g/mol. The molecule has 19 heavy (non-hydrogen) atoms. The summed E-state index contributed by atoms with van der Waals surface area (Å²) in [7, 11) is 2.02. The van der Waals surface area contributed by atoms with Crippen LogP contribution in [0.1, 0.15) is 19.4 Å². The van der Waals surface area contributed by atoms with E-state index in [1.54, 1.807) is 0 Å². The maximum Gasteiger partial charge on any atom is 0.278 e. The Balaban J connectivity index is 1.98. The van der Waals surface area contributed by atoms with Crippen LogP contribution in [0.3, 0.4) is 0 Å². The molecule has 0 fully saturated rings. The standard InChI is InChI=1S/C14H20N2O3/c1-4-15-14(17)10(2)16(3)8-11-5-6-12-13(7-11)19-9-18-12/h5-7,10H,4,8-9H2,1-3H3,(H,15,17)/p+1/t10-/m1/s1. The van der Waals surface area contributed by atoms with Gasteiger partial charge in [0.1, 0.15) is 6.54 Å². The zero-order chi connectivity index (χ0) is 13.8. The molecule has 1 aromatic carbocycles. The first-order valence-corrected chi connectivity index (χ1v) is 6.60. The van der Waals surface area contributed by atoms with Crippen molar-refractivity contribution in [3.8, 4) is 11.5 Å². The SMILES string of the molecule is CCNC(=O)[C@@H](C)[NH+](C)Cc1ccc2c(c1)OCO2. The third-order valence-corrected chi connectivity index (χ3v) is 3.40. The van der Waals surface area contributed by atoms with Crippen LogP contribution < -0.4 is 19.7 Å². The second kappa shape index (κ2) is 5.93. The number of amides is 1. The van der Waals surface area contributed by atoms with Gasteiger partial charge in [0.05, 0.1) is 7.05 Å². The Morgan fingerprint density at radius 2 is 2.16 bits per heavy atom. The van der Waals surface area contributed by atoms with E-state index < -0.39 is 0 Å². The van der Waals surface area contributed by atoms with Gasteiger partial charge in [-0.3, -0.25) is 4.79 Å². The molecule has 2 rings (SSSR count). The fraction of sp³-hybridized carbons (Fsp3) is 0.500. The topological polar surface area (TPSA) is 52.0 Å². The molecule has 104 valence electrons. The summed E-state index contributed by atoms with van der Waals surface area (Å²) in [5, 5.41) is 2.85. The molecule has 5 heteroatoms. The lowest BCUT2D eigenvalue weighted by Crippen LogP contribution is -3.12. The van der Waals surface area contributed by atoms with Crippen molar-refractivity contribution in [2.75, 3.05) is 20.4 Å². The fourth-order valence-electron chi connectivity index (χ4n) is 2.08. The molecule has 0 saturated heterocycles. The Morgan fingerprint density at radius 1 is 1.42 bits per heavy atom. The Labute approximate surface area is 113 Å². The lowest BCUT2D eigenvalue weighted by molar-refractivity contribution is -0.908. The normalized spacial score (nSPS) is 15.9. The van der Waals surface area contributed by atoms with Gasteiger partial charge in [0.15, 0.2) is 17.5 Å². The molecule has 2 N–H and O–H groups in total. The zero-order valence-electron chi connectivity index (χ0n) is 11.7. The number of rotatable bonds is 5. The van der Waals surface area contributed by atoms with E-state index in [9.17, 15) is 4.79 Å². The van der Waals surface area contributed by atoms with Crippen LogP contribution in [0, 0.1) is 0 Å². The molecule has 1 aliphatic heterocycles. The monoisotopic (exact) mass is 265 g/mol. The predicted octanol–water partition coefficient (Wildman–Crippen LogP) is -0.0454. The van der Waals surface area contributed by atoms with Crippen LogP contribution in [0.2, 0.25) is 0 Å². The van der Waals surface area contributed by atoms with Crippen molar-refractivity contribution in [3.05, 3.63) is 23.8 Å². The van der Waals surface area contributed by atoms with E-state index in [2.05, 4.69) is 5.32 Å². The summed E-state index contributed by atoms with van der Waals surface area (Å²) in [6.07, 6.45) is 0. The van der Waals surface area contributed by atoms with Gasteiger partial charge in [0.2, 0.25) is 6.79 Å². The third-order valence-electron chi connectivity index (χ3n) is 3.40. The molecule has 0 aromatic heterocycles. The van der Waals surface area contributed by atoms with Crippen molar-refractivity contribution in [2.24, 2.45) is 0 Å². The molecule has 1 aliphatic rings. The average Bonchev–Trinajstić information content (AvgIpc) is 2.85.